The van der Waals surface area contributed by atoms with Gasteiger partial charge in [-0.25, -0.2) is 18.4 Å². The number of ether oxygens (including phenoxy) is 2. The summed E-state index contributed by atoms with van der Waals surface area (Å²) in [6, 6.07) is 4.02. The molecule has 100 valence electrons. The molecular weight excluding hydrogens is 326 g/mol. The first-order valence-electron chi connectivity index (χ1n) is 4.84. The number of nitrogens with two attached hydrogens (primary N) is 1. The average molecular weight is 338 g/mol. The highest BCUT2D eigenvalue weighted by molar-refractivity contribution is 9.10. The number of rotatable bonds is 5. The fraction of sp³-hybridized carbons (Fsp3) is 0.300. The van der Waals surface area contributed by atoms with Crippen LogP contribution in [0, 0.1) is 0 Å². The highest BCUT2D eigenvalue weighted by Gasteiger charge is 2.16. The van der Waals surface area contributed by atoms with Crippen molar-refractivity contribution in [3.05, 3.63) is 28.2 Å². The molecule has 0 amide bonds. The van der Waals surface area contributed by atoms with Crippen LogP contribution < -0.4 is 5.14 Å². The van der Waals surface area contributed by atoms with Gasteiger partial charge in [0.25, 0.3) is 0 Å². The quantitative estimate of drug-likeness (QED) is 0.636. The third-order valence-electron chi connectivity index (χ3n) is 1.99. The smallest absolute Gasteiger partial charge is 0.338 e. The van der Waals surface area contributed by atoms with Gasteiger partial charge in [0.15, 0.2) is 0 Å². The number of esters is 1. The lowest BCUT2D eigenvalue weighted by atomic mass is 10.2. The van der Waals surface area contributed by atoms with E-state index in [2.05, 4.69) is 15.9 Å². The van der Waals surface area contributed by atoms with E-state index in [0.29, 0.717) is 4.47 Å². The molecule has 18 heavy (non-hydrogen) atoms. The fourth-order valence-corrected chi connectivity index (χ4v) is 2.70. The van der Waals surface area contributed by atoms with Crippen molar-refractivity contribution in [2.24, 2.45) is 5.14 Å². The zero-order valence-corrected chi connectivity index (χ0v) is 12.0. The highest BCUT2D eigenvalue weighted by atomic mass is 79.9. The van der Waals surface area contributed by atoms with Gasteiger partial charge in [0, 0.05) is 11.6 Å². The molecule has 1 rings (SSSR count). The van der Waals surface area contributed by atoms with E-state index in [4.69, 9.17) is 14.6 Å². The van der Waals surface area contributed by atoms with Crippen molar-refractivity contribution >= 4 is 31.9 Å². The molecule has 2 N–H and O–H groups in total. The molecule has 0 aliphatic carbocycles. The van der Waals surface area contributed by atoms with Gasteiger partial charge in [-0.2, -0.15) is 0 Å². The van der Waals surface area contributed by atoms with Gasteiger partial charge in [0.1, 0.15) is 6.61 Å². The molecule has 0 saturated carbocycles. The minimum absolute atomic E-state index is 0.0934. The second kappa shape index (κ2) is 6.28. The first-order chi connectivity index (χ1) is 8.36. The van der Waals surface area contributed by atoms with E-state index in [-0.39, 0.29) is 23.7 Å². The first-order valence-corrected chi connectivity index (χ1v) is 7.18. The lowest BCUT2D eigenvalue weighted by molar-refractivity contribution is 0.0388. The Hall–Kier alpha value is -0.960. The van der Waals surface area contributed by atoms with Gasteiger partial charge in [-0.1, -0.05) is 0 Å². The first kappa shape index (κ1) is 15.1. The number of methoxy groups -OCH3 is 1. The zero-order chi connectivity index (χ0) is 13.8. The monoisotopic (exact) mass is 337 g/mol. The molecule has 0 unspecified atom stereocenters. The van der Waals surface area contributed by atoms with E-state index in [1.165, 1.54) is 19.2 Å². The van der Waals surface area contributed by atoms with E-state index in [9.17, 15) is 13.2 Å². The molecule has 0 aromatic heterocycles. The molecule has 8 heteroatoms. The molecule has 0 spiro atoms. The Balaban J connectivity index is 2.95. The molecule has 0 fully saturated rings. The minimum atomic E-state index is -3.89. The van der Waals surface area contributed by atoms with Gasteiger partial charge in [0.05, 0.1) is 17.1 Å². The highest BCUT2D eigenvalue weighted by Crippen LogP contribution is 2.22. The number of sulfonamides is 1. The summed E-state index contributed by atoms with van der Waals surface area (Å²) >= 11 is 3.05. The van der Waals surface area contributed by atoms with Gasteiger partial charge in [-0.15, -0.1) is 0 Å². The van der Waals surface area contributed by atoms with Crippen LogP contribution in [-0.2, 0) is 19.5 Å². The standard InChI is InChI=1S/C10H12BrNO5S/c1-16-4-5-17-10(13)7-2-3-8(11)9(6-7)18(12,14)15/h2-3,6H,4-5H2,1H3,(H2,12,14,15). The second-order valence-corrected chi connectivity index (χ2v) is 5.70. The number of benzene rings is 1. The average Bonchev–Trinajstić information content (AvgIpc) is 2.28. The largest absolute Gasteiger partial charge is 0.460 e. The van der Waals surface area contributed by atoms with Crippen molar-refractivity contribution in [3.63, 3.8) is 0 Å². The van der Waals surface area contributed by atoms with Gasteiger partial charge >= 0.3 is 5.97 Å². The molecule has 0 radical (unpaired) electrons. The van der Waals surface area contributed by atoms with Gasteiger partial charge in [-0.3, -0.25) is 0 Å². The molecule has 6 nitrogen and oxygen atoms in total. The van der Waals surface area contributed by atoms with E-state index < -0.39 is 16.0 Å². The van der Waals surface area contributed by atoms with Gasteiger partial charge in [0.2, 0.25) is 10.0 Å². The number of hydrogen-bond donors (Lipinski definition) is 1. The molecular formula is C10H12BrNO5S. The maximum absolute atomic E-state index is 11.6. The summed E-state index contributed by atoms with van der Waals surface area (Å²) in [5.41, 5.74) is 0.110. The summed E-state index contributed by atoms with van der Waals surface area (Å²) in [6.45, 7) is 0.362. The van der Waals surface area contributed by atoms with Gasteiger partial charge < -0.3 is 9.47 Å². The van der Waals surface area contributed by atoms with Crippen LogP contribution in [0.2, 0.25) is 0 Å². The third-order valence-corrected chi connectivity index (χ3v) is 3.90. The molecule has 0 bridgehead atoms. The number of carbonyl (C=O) groups excluding carboxylic acids is 1. The topological polar surface area (TPSA) is 95.7 Å². The Morgan fingerprint density at radius 2 is 2.06 bits per heavy atom. The lowest BCUT2D eigenvalue weighted by Crippen LogP contribution is -2.15. The Morgan fingerprint density at radius 1 is 1.39 bits per heavy atom. The van der Waals surface area contributed by atoms with E-state index in [1.807, 2.05) is 0 Å². The molecule has 1 aromatic rings. The van der Waals surface area contributed by atoms with Crippen LogP contribution >= 0.6 is 15.9 Å². The number of carbonyl (C=O) groups is 1. The molecule has 0 saturated heterocycles. The normalized spacial score (nSPS) is 11.3. The van der Waals surface area contributed by atoms with Crippen LogP contribution in [-0.4, -0.2) is 34.7 Å². The number of hydrogen-bond acceptors (Lipinski definition) is 5. The van der Waals surface area contributed by atoms with E-state index in [1.54, 1.807) is 0 Å². The van der Waals surface area contributed by atoms with Crippen molar-refractivity contribution < 1.29 is 22.7 Å². The zero-order valence-electron chi connectivity index (χ0n) is 9.55. The molecule has 1 aromatic carbocycles. The fourth-order valence-electron chi connectivity index (χ4n) is 1.15. The van der Waals surface area contributed by atoms with Crippen molar-refractivity contribution in [1.29, 1.82) is 0 Å². The van der Waals surface area contributed by atoms with Crippen molar-refractivity contribution in [2.75, 3.05) is 20.3 Å². The minimum Gasteiger partial charge on any atom is -0.460 e. The Labute approximate surface area is 113 Å². The van der Waals surface area contributed by atoms with Crippen LogP contribution in [0.1, 0.15) is 10.4 Å². The van der Waals surface area contributed by atoms with Crippen LogP contribution in [0.4, 0.5) is 0 Å². The van der Waals surface area contributed by atoms with Crippen molar-refractivity contribution in [2.45, 2.75) is 4.90 Å². The molecule has 0 aliphatic rings. The predicted molar refractivity (Wildman–Crippen MR) is 67.7 cm³/mol. The lowest BCUT2D eigenvalue weighted by Gasteiger charge is -2.06. The summed E-state index contributed by atoms with van der Waals surface area (Å²) in [5, 5.41) is 5.02. The van der Waals surface area contributed by atoms with E-state index in [0.717, 1.165) is 6.07 Å². The summed E-state index contributed by atoms with van der Waals surface area (Å²) in [6.07, 6.45) is 0. The summed E-state index contributed by atoms with van der Waals surface area (Å²) in [7, 11) is -2.42. The number of halogens is 1. The number of primary sulfonamides is 1. The van der Waals surface area contributed by atoms with Crippen LogP contribution in [0.15, 0.2) is 27.6 Å². The van der Waals surface area contributed by atoms with E-state index >= 15 is 0 Å². The Bertz CT molecular complexity index is 543. The summed E-state index contributed by atoms with van der Waals surface area (Å²) in [5.74, 6) is -0.635. The van der Waals surface area contributed by atoms with Crippen LogP contribution in [0.25, 0.3) is 0 Å². The molecule has 0 aliphatic heterocycles. The van der Waals surface area contributed by atoms with Crippen molar-refractivity contribution in [3.8, 4) is 0 Å². The predicted octanol–water partition coefficient (Wildman–Crippen LogP) is 0.900. The maximum atomic E-state index is 11.6. The molecule has 0 atom stereocenters. The van der Waals surface area contributed by atoms with Crippen LogP contribution in [0.3, 0.4) is 0 Å². The summed E-state index contributed by atoms with van der Waals surface area (Å²) < 4.78 is 32.4. The third kappa shape index (κ3) is 4.05. The Kier molecular flexibility index (Phi) is 5.27. The Morgan fingerprint density at radius 3 is 2.61 bits per heavy atom. The van der Waals surface area contributed by atoms with Crippen LogP contribution in [0.5, 0.6) is 0 Å². The summed E-state index contributed by atoms with van der Waals surface area (Å²) in [4.78, 5) is 11.4. The van der Waals surface area contributed by atoms with Crippen molar-refractivity contribution in [1.82, 2.24) is 0 Å². The van der Waals surface area contributed by atoms with Gasteiger partial charge in [-0.05, 0) is 34.1 Å². The molecule has 0 heterocycles. The second-order valence-electron chi connectivity index (χ2n) is 3.32. The SMILES string of the molecule is COCCOC(=O)c1ccc(Br)c(S(N)(=O)=O)c1. The maximum Gasteiger partial charge on any atom is 0.338 e.